The molecule has 1 aromatic rings. The Morgan fingerprint density at radius 1 is 1.31 bits per heavy atom. The van der Waals surface area contributed by atoms with Gasteiger partial charge in [-0.25, -0.2) is 0 Å². The maximum atomic E-state index is 5.79. The third kappa shape index (κ3) is 2.53. The van der Waals surface area contributed by atoms with Gasteiger partial charge in [0.15, 0.2) is 0 Å². The molecule has 1 N–H and O–H groups in total. The molecule has 1 atom stereocenters. The Bertz CT molecular complexity index is 359. The lowest BCUT2D eigenvalue weighted by molar-refractivity contribution is 1.40. The van der Waals surface area contributed by atoms with E-state index in [9.17, 15) is 0 Å². The molecule has 0 radical (unpaired) electrons. The van der Waals surface area contributed by atoms with Gasteiger partial charge in [-0.2, -0.15) is 0 Å². The third-order valence-corrected chi connectivity index (χ3v) is 4.84. The quantitative estimate of drug-likeness (QED) is 0.451. The first-order valence-corrected chi connectivity index (χ1v) is 6.83. The van der Waals surface area contributed by atoms with Gasteiger partial charge in [0, 0.05) is 5.41 Å². The van der Waals surface area contributed by atoms with Crippen molar-refractivity contribution in [1.29, 1.82) is 0 Å². The van der Waals surface area contributed by atoms with Gasteiger partial charge in [0.1, 0.15) is 5.16 Å². The monoisotopic (exact) mass is 229 g/mol. The van der Waals surface area contributed by atoms with Gasteiger partial charge < -0.3 is 4.72 Å². The first kappa shape index (κ1) is 9.19. The molecule has 13 heavy (non-hydrogen) atoms. The number of benzene rings is 1. The smallest absolute Gasteiger partial charge is 0.119 e. The highest BCUT2D eigenvalue weighted by Gasteiger charge is 2.04. The minimum atomic E-state index is 0.00877. The highest BCUT2D eigenvalue weighted by atomic mass is 35.5. The van der Waals surface area contributed by atoms with Crippen LogP contribution in [0.5, 0.6) is 0 Å². The Kier molecular flexibility index (Phi) is 2.98. The van der Waals surface area contributed by atoms with Crippen LogP contribution in [0, 0.1) is 0 Å². The predicted octanol–water partition coefficient (Wildman–Crippen LogP) is 3.31. The van der Waals surface area contributed by atoms with E-state index in [1.807, 2.05) is 23.6 Å². The van der Waals surface area contributed by atoms with E-state index in [0.29, 0.717) is 0 Å². The van der Waals surface area contributed by atoms with Gasteiger partial charge in [0.05, 0.1) is 0 Å². The van der Waals surface area contributed by atoms with Crippen molar-refractivity contribution in [2.24, 2.45) is 0 Å². The van der Waals surface area contributed by atoms with Gasteiger partial charge >= 0.3 is 0 Å². The molecule has 1 heterocycles. The van der Waals surface area contributed by atoms with Crippen molar-refractivity contribution >= 4 is 37.5 Å². The van der Waals surface area contributed by atoms with Crippen molar-refractivity contribution in [2.45, 2.75) is 0 Å². The first-order chi connectivity index (χ1) is 6.34. The molecule has 0 bridgehead atoms. The summed E-state index contributed by atoms with van der Waals surface area (Å²) in [6.07, 6.45) is 0. The van der Waals surface area contributed by atoms with E-state index in [0.717, 1.165) is 5.16 Å². The number of rotatable bonds is 1. The fourth-order valence-corrected chi connectivity index (χ4v) is 4.28. The van der Waals surface area contributed by atoms with E-state index in [2.05, 4.69) is 22.2 Å². The van der Waals surface area contributed by atoms with Crippen LogP contribution in [0.1, 0.15) is 5.56 Å². The topological polar surface area (TPSA) is 12.0 Å². The molecule has 0 saturated heterocycles. The molecular weight excluding hydrogens is 222 g/mol. The number of halogens is 1. The molecule has 2 rings (SSSR count). The predicted molar refractivity (Wildman–Crippen MR) is 63.9 cm³/mol. The summed E-state index contributed by atoms with van der Waals surface area (Å²) >= 11 is 5.79. The summed E-state index contributed by atoms with van der Waals surface area (Å²) in [4.78, 5) is 0. The maximum absolute atomic E-state index is 5.79. The van der Waals surface area contributed by atoms with Crippen LogP contribution < -0.4 is 4.72 Å². The number of hydrogen-bond acceptors (Lipinski definition) is 2. The average molecular weight is 230 g/mol. The fourth-order valence-electron chi connectivity index (χ4n) is 0.951. The summed E-state index contributed by atoms with van der Waals surface area (Å²) < 4.78 is 3.16. The number of hydrogen-bond donors (Lipinski definition) is 1. The van der Waals surface area contributed by atoms with Gasteiger partial charge in [0.25, 0.3) is 0 Å². The average Bonchev–Trinajstić information content (AvgIpc) is 2.53. The lowest BCUT2D eigenvalue weighted by atomic mass is 10.2. The molecule has 1 unspecified atom stereocenters. The van der Waals surface area contributed by atoms with E-state index in [-0.39, 0.29) is 9.70 Å². The van der Waals surface area contributed by atoms with E-state index < -0.39 is 0 Å². The van der Waals surface area contributed by atoms with Crippen LogP contribution in [0.3, 0.4) is 0 Å². The first-order valence-electron chi connectivity index (χ1n) is 3.77. The summed E-state index contributed by atoms with van der Waals surface area (Å²) in [5.41, 5.74) is 1.23. The minimum absolute atomic E-state index is 0.00877. The normalized spacial score (nSPS) is 21.3. The molecular formula is C9H8ClNS2. The van der Waals surface area contributed by atoms with Crippen molar-refractivity contribution in [1.82, 2.24) is 4.72 Å². The zero-order chi connectivity index (χ0) is 9.10. The molecule has 68 valence electrons. The molecule has 4 heteroatoms. The second kappa shape index (κ2) is 4.22. The zero-order valence-electron chi connectivity index (χ0n) is 6.74. The van der Waals surface area contributed by atoms with Crippen LogP contribution in [0.4, 0.5) is 0 Å². The molecule has 1 aliphatic rings. The molecule has 0 aliphatic carbocycles. The molecule has 1 aliphatic heterocycles. The summed E-state index contributed by atoms with van der Waals surface area (Å²) in [5, 5.41) is 4.85. The van der Waals surface area contributed by atoms with Gasteiger partial charge in [-0.1, -0.05) is 41.9 Å². The Morgan fingerprint density at radius 3 is 2.69 bits per heavy atom. The summed E-state index contributed by atoms with van der Waals surface area (Å²) in [7, 11) is 1.72. The molecule has 1 nitrogen and oxygen atoms in total. The van der Waals surface area contributed by atoms with Crippen LogP contribution in [-0.2, 0) is 0 Å². The van der Waals surface area contributed by atoms with E-state index >= 15 is 0 Å². The lowest BCUT2D eigenvalue weighted by Crippen LogP contribution is -1.93. The van der Waals surface area contributed by atoms with E-state index in [1.165, 1.54) is 5.56 Å². The van der Waals surface area contributed by atoms with Crippen LogP contribution in [0.25, 0.3) is 0 Å². The summed E-state index contributed by atoms with van der Waals surface area (Å²) in [6, 6.07) is 10.2. The van der Waals surface area contributed by atoms with Crippen LogP contribution in [0.2, 0.25) is 0 Å². The van der Waals surface area contributed by atoms with Crippen molar-refractivity contribution < 1.29 is 0 Å². The standard InChI is InChI=1S/C9H8ClNS2/c10-9-6-12-13(11-9)7-8-4-2-1-3-5-8/h1-7,11H. The largest absolute Gasteiger partial charge is 0.317 e. The maximum Gasteiger partial charge on any atom is 0.119 e. The second-order valence-electron chi connectivity index (χ2n) is 2.49. The highest BCUT2D eigenvalue weighted by Crippen LogP contribution is 2.37. The Morgan fingerprint density at radius 2 is 2.08 bits per heavy atom. The molecule has 0 aromatic heterocycles. The van der Waals surface area contributed by atoms with Gasteiger partial charge in [-0.3, -0.25) is 0 Å². The highest BCUT2D eigenvalue weighted by molar-refractivity contribution is 8.84. The van der Waals surface area contributed by atoms with E-state index in [4.69, 9.17) is 11.6 Å². The molecule has 0 amide bonds. The van der Waals surface area contributed by atoms with Gasteiger partial charge in [-0.15, -0.1) is 0 Å². The van der Waals surface area contributed by atoms with Crippen LogP contribution in [0.15, 0.2) is 40.9 Å². The Labute approximate surface area is 88.6 Å². The minimum Gasteiger partial charge on any atom is -0.317 e. The van der Waals surface area contributed by atoms with Crippen LogP contribution >= 0.6 is 32.1 Å². The van der Waals surface area contributed by atoms with Gasteiger partial charge in [0.2, 0.25) is 0 Å². The molecule has 0 fully saturated rings. The fraction of sp³-hybridized carbons (Fsp3) is 0. The molecule has 0 saturated carbocycles. The van der Waals surface area contributed by atoms with Crippen molar-refractivity contribution in [2.75, 3.05) is 0 Å². The van der Waals surface area contributed by atoms with Crippen molar-refractivity contribution in [3.63, 3.8) is 0 Å². The number of nitrogens with one attached hydrogen (secondary N) is 1. The lowest BCUT2D eigenvalue weighted by Gasteiger charge is -1.99. The van der Waals surface area contributed by atoms with Gasteiger partial charge in [-0.05, 0) is 31.4 Å². The van der Waals surface area contributed by atoms with Crippen molar-refractivity contribution in [3.05, 3.63) is 46.5 Å². The summed E-state index contributed by atoms with van der Waals surface area (Å²) in [6.45, 7) is 0. The Balaban J connectivity index is 2.15. The third-order valence-electron chi connectivity index (χ3n) is 1.50. The SMILES string of the molecule is ClC1=CSS(=Cc2ccccc2)N1. The molecule has 1 aromatic carbocycles. The Hall–Kier alpha value is -0.380. The van der Waals surface area contributed by atoms with Crippen molar-refractivity contribution in [3.8, 4) is 0 Å². The van der Waals surface area contributed by atoms with E-state index in [1.54, 1.807) is 10.8 Å². The summed E-state index contributed by atoms with van der Waals surface area (Å²) in [5.74, 6) is 0. The van der Waals surface area contributed by atoms with Crippen LogP contribution in [-0.4, -0.2) is 5.37 Å². The second-order valence-corrected chi connectivity index (χ2v) is 6.01. The zero-order valence-corrected chi connectivity index (χ0v) is 9.12. The molecule has 0 spiro atoms.